The number of hydrogen-bond donors (Lipinski definition) is 3. The van der Waals surface area contributed by atoms with E-state index in [0.29, 0.717) is 30.3 Å². The Hall–Kier alpha value is -2.21. The molecule has 2 aliphatic rings. The molecule has 2 saturated heterocycles. The minimum absolute atomic E-state index is 0.141. The van der Waals surface area contributed by atoms with E-state index < -0.39 is 0 Å². The van der Waals surface area contributed by atoms with Crippen molar-refractivity contribution in [3.8, 4) is 11.4 Å². The Morgan fingerprint density at radius 3 is 2.83 bits per heavy atom. The summed E-state index contributed by atoms with van der Waals surface area (Å²) in [5, 5.41) is 13.8. The SMILES string of the molecule is CC[C@@]1(C(=O)NCc2nc(-c3ccccc3)n[nH]2)C[C@@H]2CC[C@H]1N2. The molecule has 24 heavy (non-hydrogen) atoms. The Balaban J connectivity index is 1.42. The van der Waals surface area contributed by atoms with Crippen LogP contribution in [0.5, 0.6) is 0 Å². The zero-order valence-electron chi connectivity index (χ0n) is 13.9. The summed E-state index contributed by atoms with van der Waals surface area (Å²) in [5.74, 6) is 1.48. The quantitative estimate of drug-likeness (QED) is 0.785. The van der Waals surface area contributed by atoms with Gasteiger partial charge in [-0.3, -0.25) is 9.89 Å². The van der Waals surface area contributed by atoms with Gasteiger partial charge in [0.2, 0.25) is 5.91 Å². The molecule has 6 nitrogen and oxygen atoms in total. The van der Waals surface area contributed by atoms with Crippen LogP contribution in [0.15, 0.2) is 30.3 Å². The molecule has 0 spiro atoms. The minimum atomic E-state index is -0.259. The number of benzene rings is 1. The molecule has 0 unspecified atom stereocenters. The van der Waals surface area contributed by atoms with Gasteiger partial charge in [-0.05, 0) is 25.7 Å². The van der Waals surface area contributed by atoms with Crippen LogP contribution in [0.25, 0.3) is 11.4 Å². The monoisotopic (exact) mass is 325 g/mol. The Labute approximate surface area is 141 Å². The summed E-state index contributed by atoms with van der Waals surface area (Å²) >= 11 is 0. The van der Waals surface area contributed by atoms with Gasteiger partial charge in [0.05, 0.1) is 12.0 Å². The maximum absolute atomic E-state index is 12.8. The molecule has 3 heterocycles. The first-order valence-electron chi connectivity index (χ1n) is 8.72. The van der Waals surface area contributed by atoms with Crippen LogP contribution in [0, 0.1) is 5.41 Å². The summed E-state index contributed by atoms with van der Waals surface area (Å²) in [6.07, 6.45) is 4.12. The smallest absolute Gasteiger partial charge is 0.228 e. The molecule has 3 atom stereocenters. The van der Waals surface area contributed by atoms with Crippen LogP contribution >= 0.6 is 0 Å². The zero-order chi connectivity index (χ0) is 16.6. The van der Waals surface area contributed by atoms with Crippen LogP contribution in [0.4, 0.5) is 0 Å². The second kappa shape index (κ2) is 6.02. The number of carbonyl (C=O) groups is 1. The van der Waals surface area contributed by atoms with E-state index in [4.69, 9.17) is 0 Å². The molecule has 6 heteroatoms. The van der Waals surface area contributed by atoms with E-state index in [-0.39, 0.29) is 11.3 Å². The Morgan fingerprint density at radius 2 is 2.17 bits per heavy atom. The molecule has 0 saturated carbocycles. The van der Waals surface area contributed by atoms with Crippen molar-refractivity contribution in [2.75, 3.05) is 0 Å². The van der Waals surface area contributed by atoms with Gasteiger partial charge in [-0.1, -0.05) is 37.3 Å². The maximum Gasteiger partial charge on any atom is 0.228 e. The topological polar surface area (TPSA) is 82.7 Å². The van der Waals surface area contributed by atoms with Crippen molar-refractivity contribution in [1.29, 1.82) is 0 Å². The fourth-order valence-corrected chi connectivity index (χ4v) is 4.23. The lowest BCUT2D eigenvalue weighted by Crippen LogP contribution is -2.48. The number of nitrogens with one attached hydrogen (secondary N) is 3. The summed E-state index contributed by atoms with van der Waals surface area (Å²) in [4.78, 5) is 17.3. The highest BCUT2D eigenvalue weighted by molar-refractivity contribution is 5.84. The van der Waals surface area contributed by atoms with E-state index in [2.05, 4.69) is 32.7 Å². The number of amides is 1. The van der Waals surface area contributed by atoms with E-state index in [1.807, 2.05) is 30.3 Å². The predicted molar refractivity (Wildman–Crippen MR) is 91.0 cm³/mol. The molecule has 0 aliphatic carbocycles. The highest BCUT2D eigenvalue weighted by Gasteiger charge is 2.54. The highest BCUT2D eigenvalue weighted by atomic mass is 16.2. The molecule has 0 radical (unpaired) electrons. The van der Waals surface area contributed by atoms with Gasteiger partial charge in [-0.2, -0.15) is 5.10 Å². The molecule has 1 amide bonds. The van der Waals surface area contributed by atoms with Crippen molar-refractivity contribution in [2.45, 2.75) is 51.2 Å². The number of aromatic nitrogens is 3. The molecule has 2 bridgehead atoms. The molecule has 2 aromatic rings. The van der Waals surface area contributed by atoms with Crippen LogP contribution in [-0.4, -0.2) is 33.2 Å². The van der Waals surface area contributed by atoms with Crippen molar-refractivity contribution in [2.24, 2.45) is 5.41 Å². The van der Waals surface area contributed by atoms with E-state index in [9.17, 15) is 4.79 Å². The number of hydrogen-bond acceptors (Lipinski definition) is 4. The highest BCUT2D eigenvalue weighted by Crippen LogP contribution is 2.45. The number of fused-ring (bicyclic) bond motifs is 2. The summed E-state index contributed by atoms with van der Waals surface area (Å²) < 4.78 is 0. The molecule has 1 aromatic carbocycles. The third kappa shape index (κ3) is 2.51. The Bertz CT molecular complexity index is 728. The Morgan fingerprint density at radius 1 is 1.33 bits per heavy atom. The minimum Gasteiger partial charge on any atom is -0.348 e. The second-order valence-corrected chi connectivity index (χ2v) is 6.86. The van der Waals surface area contributed by atoms with Crippen molar-refractivity contribution in [3.63, 3.8) is 0 Å². The normalized spacial score (nSPS) is 28.2. The summed E-state index contributed by atoms with van der Waals surface area (Å²) in [6.45, 7) is 2.50. The van der Waals surface area contributed by atoms with Crippen LogP contribution in [0.3, 0.4) is 0 Å². The van der Waals surface area contributed by atoms with Gasteiger partial charge >= 0.3 is 0 Å². The molecular weight excluding hydrogens is 302 g/mol. The van der Waals surface area contributed by atoms with Crippen molar-refractivity contribution < 1.29 is 4.79 Å². The molecule has 126 valence electrons. The average molecular weight is 325 g/mol. The van der Waals surface area contributed by atoms with Crippen LogP contribution < -0.4 is 10.6 Å². The fraction of sp³-hybridized carbons (Fsp3) is 0.500. The third-order valence-electron chi connectivity index (χ3n) is 5.58. The molecular formula is C18H23N5O. The summed E-state index contributed by atoms with van der Waals surface area (Å²) in [6, 6.07) is 10.7. The van der Waals surface area contributed by atoms with Gasteiger partial charge in [0.1, 0.15) is 5.82 Å². The lowest BCUT2D eigenvalue weighted by atomic mass is 9.71. The molecule has 4 rings (SSSR count). The van der Waals surface area contributed by atoms with Gasteiger partial charge in [0.25, 0.3) is 0 Å². The molecule has 2 fully saturated rings. The first-order chi connectivity index (χ1) is 11.7. The lowest BCUT2D eigenvalue weighted by Gasteiger charge is -2.34. The number of rotatable bonds is 5. The van der Waals surface area contributed by atoms with Crippen molar-refractivity contribution >= 4 is 5.91 Å². The first kappa shape index (κ1) is 15.3. The standard InChI is InChI=1S/C18H23N5O/c1-2-18(10-13-8-9-14(18)20-13)17(24)19-11-15-21-16(23-22-15)12-6-4-3-5-7-12/h3-7,13-14,20H,2,8-11H2,1H3,(H,19,24)(H,21,22,23)/t13-,14+,18+/m0/s1. The number of aromatic amines is 1. The first-order valence-corrected chi connectivity index (χ1v) is 8.72. The molecule has 2 aliphatic heterocycles. The predicted octanol–water partition coefficient (Wildman–Crippen LogP) is 2.01. The maximum atomic E-state index is 12.8. The lowest BCUT2D eigenvalue weighted by molar-refractivity contribution is -0.132. The number of carbonyl (C=O) groups excluding carboxylic acids is 1. The zero-order valence-corrected chi connectivity index (χ0v) is 13.9. The van der Waals surface area contributed by atoms with E-state index in [1.165, 1.54) is 6.42 Å². The summed E-state index contributed by atoms with van der Waals surface area (Å²) in [7, 11) is 0. The third-order valence-corrected chi connectivity index (χ3v) is 5.58. The van der Waals surface area contributed by atoms with Crippen molar-refractivity contribution in [3.05, 3.63) is 36.2 Å². The molecule has 1 aromatic heterocycles. The average Bonchev–Trinajstić information content (AvgIpc) is 3.36. The Kier molecular flexibility index (Phi) is 3.84. The van der Waals surface area contributed by atoms with Gasteiger partial charge in [0, 0.05) is 17.6 Å². The summed E-state index contributed by atoms with van der Waals surface area (Å²) in [5.41, 5.74) is 0.708. The van der Waals surface area contributed by atoms with Gasteiger partial charge in [-0.25, -0.2) is 4.98 Å². The van der Waals surface area contributed by atoms with Crippen molar-refractivity contribution in [1.82, 2.24) is 25.8 Å². The van der Waals surface area contributed by atoms with Gasteiger partial charge < -0.3 is 10.6 Å². The van der Waals surface area contributed by atoms with Crippen LogP contribution in [0.1, 0.15) is 38.4 Å². The largest absolute Gasteiger partial charge is 0.348 e. The fourth-order valence-electron chi connectivity index (χ4n) is 4.23. The van der Waals surface area contributed by atoms with Gasteiger partial charge in [0.15, 0.2) is 5.82 Å². The number of nitrogens with zero attached hydrogens (tertiary/aromatic N) is 2. The van der Waals surface area contributed by atoms with Gasteiger partial charge in [-0.15, -0.1) is 0 Å². The molecule has 3 N–H and O–H groups in total. The van der Waals surface area contributed by atoms with E-state index in [0.717, 1.165) is 24.8 Å². The van der Waals surface area contributed by atoms with E-state index in [1.54, 1.807) is 0 Å². The van der Waals surface area contributed by atoms with Crippen LogP contribution in [-0.2, 0) is 11.3 Å². The second-order valence-electron chi connectivity index (χ2n) is 6.86. The van der Waals surface area contributed by atoms with Crippen LogP contribution in [0.2, 0.25) is 0 Å². The number of H-pyrrole nitrogens is 1. The van der Waals surface area contributed by atoms with E-state index >= 15 is 0 Å².